The van der Waals surface area contributed by atoms with E-state index in [1.54, 1.807) is 19.4 Å². The number of nitrogens with one attached hydrogen (secondary N) is 3. The largest absolute Gasteiger partial charge is 0.496 e. The highest BCUT2D eigenvalue weighted by Gasteiger charge is 2.15. The SMILES string of the molecule is CNc1cccc(-c2cccc(NC(=O)c3cc(OC)c(CNCCO)cn3)c2C)c1C. The minimum Gasteiger partial charge on any atom is -0.496 e. The van der Waals surface area contributed by atoms with Crippen LogP contribution in [0.15, 0.2) is 48.7 Å². The number of aliphatic hydroxyl groups excluding tert-OH is 1. The number of aromatic nitrogens is 1. The van der Waals surface area contributed by atoms with Crippen LogP contribution >= 0.6 is 0 Å². The Balaban J connectivity index is 1.85. The van der Waals surface area contributed by atoms with Gasteiger partial charge in [0.1, 0.15) is 11.4 Å². The first kappa shape index (κ1) is 23.2. The Labute approximate surface area is 188 Å². The second-order valence-electron chi connectivity index (χ2n) is 7.44. The van der Waals surface area contributed by atoms with E-state index in [0.717, 1.165) is 39.2 Å². The Kier molecular flexibility index (Phi) is 7.81. The highest BCUT2D eigenvalue weighted by Crippen LogP contribution is 2.33. The van der Waals surface area contributed by atoms with Gasteiger partial charge in [0.05, 0.1) is 13.7 Å². The third-order valence-corrected chi connectivity index (χ3v) is 5.48. The predicted octanol–water partition coefficient (Wildman–Crippen LogP) is 3.75. The van der Waals surface area contributed by atoms with Crippen LogP contribution in [0.25, 0.3) is 11.1 Å². The van der Waals surface area contributed by atoms with Gasteiger partial charge in [-0.2, -0.15) is 0 Å². The molecule has 0 unspecified atom stereocenters. The van der Waals surface area contributed by atoms with E-state index < -0.39 is 0 Å². The summed E-state index contributed by atoms with van der Waals surface area (Å²) in [5.74, 6) is 0.264. The van der Waals surface area contributed by atoms with Crippen molar-refractivity contribution in [1.82, 2.24) is 10.3 Å². The molecule has 1 amide bonds. The van der Waals surface area contributed by atoms with Crippen molar-refractivity contribution in [2.45, 2.75) is 20.4 Å². The molecule has 2 aromatic carbocycles. The maximum absolute atomic E-state index is 12.9. The second-order valence-corrected chi connectivity index (χ2v) is 7.44. The van der Waals surface area contributed by atoms with Gasteiger partial charge in [-0.05, 0) is 48.2 Å². The summed E-state index contributed by atoms with van der Waals surface area (Å²) in [6.07, 6.45) is 1.62. The molecule has 0 spiro atoms. The standard InChI is InChI=1S/C25H30N4O3/c1-16-19(7-5-9-21(16)26-3)20-8-6-10-22(17(20)2)29-25(31)23-13-24(32-4)18(15-28-23)14-27-11-12-30/h5-10,13,15,26-27,30H,11-12,14H2,1-4H3,(H,29,31). The van der Waals surface area contributed by atoms with Crippen LogP contribution in [0.4, 0.5) is 11.4 Å². The fraction of sp³-hybridized carbons (Fsp3) is 0.280. The number of anilines is 2. The number of carbonyl (C=O) groups excluding carboxylic acids is 1. The lowest BCUT2D eigenvalue weighted by Gasteiger charge is -2.16. The number of carbonyl (C=O) groups is 1. The highest BCUT2D eigenvalue weighted by atomic mass is 16.5. The maximum Gasteiger partial charge on any atom is 0.274 e. The van der Waals surface area contributed by atoms with Crippen LogP contribution in [0.3, 0.4) is 0 Å². The van der Waals surface area contributed by atoms with Gasteiger partial charge in [-0.1, -0.05) is 24.3 Å². The highest BCUT2D eigenvalue weighted by molar-refractivity contribution is 6.04. The quantitative estimate of drug-likeness (QED) is 0.383. The van der Waals surface area contributed by atoms with E-state index in [1.807, 2.05) is 38.2 Å². The first-order chi connectivity index (χ1) is 15.5. The molecule has 3 aromatic rings. The summed E-state index contributed by atoms with van der Waals surface area (Å²) in [7, 11) is 3.46. The normalized spacial score (nSPS) is 10.7. The number of benzene rings is 2. The fourth-order valence-electron chi connectivity index (χ4n) is 3.66. The molecule has 0 bridgehead atoms. The molecule has 32 heavy (non-hydrogen) atoms. The molecule has 7 heteroatoms. The van der Waals surface area contributed by atoms with Crippen LogP contribution in [0, 0.1) is 13.8 Å². The lowest BCUT2D eigenvalue weighted by Crippen LogP contribution is -2.19. The van der Waals surface area contributed by atoms with Crippen molar-refractivity contribution in [2.24, 2.45) is 0 Å². The molecule has 4 N–H and O–H groups in total. The van der Waals surface area contributed by atoms with Gasteiger partial charge in [0.2, 0.25) is 0 Å². The number of methoxy groups -OCH3 is 1. The molecule has 1 heterocycles. The summed E-state index contributed by atoms with van der Waals surface area (Å²) in [5, 5.41) is 18.2. The van der Waals surface area contributed by atoms with Gasteiger partial charge < -0.3 is 25.8 Å². The third kappa shape index (κ3) is 5.07. The summed E-state index contributed by atoms with van der Waals surface area (Å²) >= 11 is 0. The minimum atomic E-state index is -0.306. The molecular weight excluding hydrogens is 404 g/mol. The molecular formula is C25H30N4O3. The fourth-order valence-corrected chi connectivity index (χ4v) is 3.66. The molecule has 1 aromatic heterocycles. The number of rotatable bonds is 9. The zero-order chi connectivity index (χ0) is 23.1. The van der Waals surface area contributed by atoms with E-state index >= 15 is 0 Å². The van der Waals surface area contributed by atoms with Gasteiger partial charge in [0.25, 0.3) is 5.91 Å². The zero-order valence-corrected chi connectivity index (χ0v) is 19.0. The number of amides is 1. The molecule has 0 atom stereocenters. The lowest BCUT2D eigenvalue weighted by atomic mass is 9.94. The van der Waals surface area contributed by atoms with Gasteiger partial charge in [-0.25, -0.2) is 0 Å². The number of hydrogen-bond acceptors (Lipinski definition) is 6. The first-order valence-electron chi connectivity index (χ1n) is 10.5. The number of hydrogen-bond donors (Lipinski definition) is 4. The first-order valence-corrected chi connectivity index (χ1v) is 10.5. The average molecular weight is 435 g/mol. The Morgan fingerprint density at radius 2 is 1.72 bits per heavy atom. The van der Waals surface area contributed by atoms with Crippen molar-refractivity contribution in [3.05, 3.63) is 71.0 Å². The van der Waals surface area contributed by atoms with Gasteiger partial charge in [0.15, 0.2) is 0 Å². The predicted molar refractivity (Wildman–Crippen MR) is 128 cm³/mol. The van der Waals surface area contributed by atoms with Crippen LogP contribution in [0.1, 0.15) is 27.2 Å². The van der Waals surface area contributed by atoms with E-state index in [9.17, 15) is 4.79 Å². The summed E-state index contributed by atoms with van der Waals surface area (Å²) in [4.78, 5) is 17.2. The van der Waals surface area contributed by atoms with E-state index in [1.165, 1.54) is 0 Å². The van der Waals surface area contributed by atoms with Gasteiger partial charge >= 0.3 is 0 Å². The van der Waals surface area contributed by atoms with Crippen LogP contribution in [0.2, 0.25) is 0 Å². The second kappa shape index (κ2) is 10.7. The average Bonchev–Trinajstić information content (AvgIpc) is 2.81. The summed E-state index contributed by atoms with van der Waals surface area (Å²) in [5.41, 5.74) is 7.20. The van der Waals surface area contributed by atoms with Crippen molar-refractivity contribution in [3.63, 3.8) is 0 Å². The van der Waals surface area contributed by atoms with Crippen LogP contribution in [0.5, 0.6) is 5.75 Å². The zero-order valence-electron chi connectivity index (χ0n) is 19.0. The lowest BCUT2D eigenvalue weighted by molar-refractivity contribution is 0.102. The van der Waals surface area contributed by atoms with Crippen molar-refractivity contribution >= 4 is 17.3 Å². The summed E-state index contributed by atoms with van der Waals surface area (Å²) < 4.78 is 5.42. The van der Waals surface area contributed by atoms with E-state index in [4.69, 9.17) is 9.84 Å². The Morgan fingerprint density at radius 3 is 2.34 bits per heavy atom. The molecule has 0 radical (unpaired) electrons. The Morgan fingerprint density at radius 1 is 1.06 bits per heavy atom. The van der Waals surface area contributed by atoms with Crippen LogP contribution in [-0.4, -0.2) is 43.3 Å². The molecule has 0 aliphatic heterocycles. The minimum absolute atomic E-state index is 0.0490. The number of ether oxygens (including phenoxy) is 1. The Hall–Kier alpha value is -3.42. The molecule has 0 aliphatic rings. The monoisotopic (exact) mass is 434 g/mol. The molecule has 7 nitrogen and oxygen atoms in total. The van der Waals surface area contributed by atoms with Crippen LogP contribution in [-0.2, 0) is 6.54 Å². The topological polar surface area (TPSA) is 95.5 Å². The van der Waals surface area contributed by atoms with Gasteiger partial charge in [0, 0.05) is 49.3 Å². The molecule has 0 aliphatic carbocycles. The molecule has 3 rings (SSSR count). The molecule has 0 saturated carbocycles. The number of nitrogens with zero attached hydrogens (tertiary/aromatic N) is 1. The smallest absolute Gasteiger partial charge is 0.274 e. The Bertz CT molecular complexity index is 1100. The van der Waals surface area contributed by atoms with E-state index in [-0.39, 0.29) is 18.2 Å². The maximum atomic E-state index is 12.9. The van der Waals surface area contributed by atoms with Gasteiger partial charge in [-0.3, -0.25) is 9.78 Å². The van der Waals surface area contributed by atoms with Crippen LogP contribution < -0.4 is 20.7 Å². The summed E-state index contributed by atoms with van der Waals surface area (Å²) in [6.45, 7) is 5.09. The van der Waals surface area contributed by atoms with Gasteiger partial charge in [-0.15, -0.1) is 0 Å². The molecule has 168 valence electrons. The van der Waals surface area contributed by atoms with Crippen molar-refractivity contribution in [3.8, 4) is 16.9 Å². The van der Waals surface area contributed by atoms with Crippen molar-refractivity contribution in [2.75, 3.05) is 37.9 Å². The molecule has 0 saturated heterocycles. The van der Waals surface area contributed by atoms with E-state index in [0.29, 0.717) is 18.8 Å². The molecule has 0 fully saturated rings. The van der Waals surface area contributed by atoms with Crippen molar-refractivity contribution in [1.29, 1.82) is 0 Å². The summed E-state index contributed by atoms with van der Waals surface area (Å²) in [6, 6.07) is 13.7. The van der Waals surface area contributed by atoms with Crippen molar-refractivity contribution < 1.29 is 14.6 Å². The van der Waals surface area contributed by atoms with E-state index in [2.05, 4.69) is 40.0 Å². The third-order valence-electron chi connectivity index (χ3n) is 5.48. The number of pyridine rings is 1. The number of aliphatic hydroxyl groups is 1.